The second-order valence-corrected chi connectivity index (χ2v) is 5.86. The average Bonchev–Trinajstić information content (AvgIpc) is 2.36. The third-order valence-corrected chi connectivity index (χ3v) is 3.94. The molecular weight excluding hydrogens is 290 g/mol. The van der Waals surface area contributed by atoms with E-state index in [-0.39, 0.29) is 16.0 Å². The smallest absolute Gasteiger partial charge is 0.231 e. The zero-order valence-corrected chi connectivity index (χ0v) is 12.0. The van der Waals surface area contributed by atoms with Gasteiger partial charge in [-0.3, -0.25) is 4.79 Å². The van der Waals surface area contributed by atoms with E-state index in [0.717, 1.165) is 19.4 Å². The number of halogens is 3. The lowest BCUT2D eigenvalue weighted by Gasteiger charge is -2.32. The maximum absolute atomic E-state index is 13.3. The first-order chi connectivity index (χ1) is 8.92. The SMILES string of the molecule is CC1(C(=O)Nc2cc(Cl)c(F)c(Cl)c2)CCCNC1. The van der Waals surface area contributed by atoms with Crippen molar-refractivity contribution in [3.8, 4) is 0 Å². The number of carbonyl (C=O) groups excluding carboxylic acids is 1. The van der Waals surface area contributed by atoms with Gasteiger partial charge in [-0.2, -0.15) is 0 Å². The molecule has 1 aromatic carbocycles. The highest BCUT2D eigenvalue weighted by molar-refractivity contribution is 6.35. The lowest BCUT2D eigenvalue weighted by Crippen LogP contribution is -2.46. The number of carbonyl (C=O) groups is 1. The second kappa shape index (κ2) is 5.65. The topological polar surface area (TPSA) is 41.1 Å². The summed E-state index contributed by atoms with van der Waals surface area (Å²) < 4.78 is 13.3. The van der Waals surface area contributed by atoms with Gasteiger partial charge in [0.1, 0.15) is 0 Å². The molecule has 1 saturated heterocycles. The van der Waals surface area contributed by atoms with Crippen LogP contribution >= 0.6 is 23.2 Å². The number of anilines is 1. The molecule has 0 spiro atoms. The molecule has 0 radical (unpaired) electrons. The second-order valence-electron chi connectivity index (χ2n) is 5.05. The van der Waals surface area contributed by atoms with E-state index in [2.05, 4.69) is 10.6 Å². The Hall–Kier alpha value is -0.840. The zero-order valence-electron chi connectivity index (χ0n) is 10.5. The van der Waals surface area contributed by atoms with E-state index in [1.54, 1.807) is 0 Å². The van der Waals surface area contributed by atoms with Gasteiger partial charge in [-0.05, 0) is 38.4 Å². The van der Waals surface area contributed by atoms with E-state index in [4.69, 9.17) is 23.2 Å². The van der Waals surface area contributed by atoms with Gasteiger partial charge in [0.15, 0.2) is 5.82 Å². The first-order valence-corrected chi connectivity index (χ1v) is 6.85. The Labute approximate surface area is 121 Å². The van der Waals surface area contributed by atoms with Crippen LogP contribution in [0.2, 0.25) is 10.0 Å². The van der Waals surface area contributed by atoms with Gasteiger partial charge >= 0.3 is 0 Å². The zero-order chi connectivity index (χ0) is 14.0. The Morgan fingerprint density at radius 3 is 2.58 bits per heavy atom. The van der Waals surface area contributed by atoms with Crippen molar-refractivity contribution in [2.75, 3.05) is 18.4 Å². The van der Waals surface area contributed by atoms with Gasteiger partial charge in [0.2, 0.25) is 5.91 Å². The Morgan fingerprint density at radius 1 is 1.42 bits per heavy atom. The summed E-state index contributed by atoms with van der Waals surface area (Å²) >= 11 is 11.4. The lowest BCUT2D eigenvalue weighted by molar-refractivity contribution is -0.125. The van der Waals surface area contributed by atoms with Crippen molar-refractivity contribution in [1.82, 2.24) is 5.32 Å². The molecule has 1 heterocycles. The van der Waals surface area contributed by atoms with Crippen molar-refractivity contribution in [3.05, 3.63) is 28.0 Å². The van der Waals surface area contributed by atoms with Crippen LogP contribution in [0.1, 0.15) is 19.8 Å². The third kappa shape index (κ3) is 3.19. The maximum Gasteiger partial charge on any atom is 0.231 e. The monoisotopic (exact) mass is 304 g/mol. The number of hydrogen-bond donors (Lipinski definition) is 2. The number of amides is 1. The largest absolute Gasteiger partial charge is 0.325 e. The molecular formula is C13H15Cl2FN2O. The van der Waals surface area contributed by atoms with Crippen LogP contribution in [-0.2, 0) is 4.79 Å². The Morgan fingerprint density at radius 2 is 2.05 bits per heavy atom. The fourth-order valence-electron chi connectivity index (χ4n) is 2.16. The van der Waals surface area contributed by atoms with E-state index in [1.165, 1.54) is 12.1 Å². The number of nitrogens with one attached hydrogen (secondary N) is 2. The van der Waals surface area contributed by atoms with Crippen LogP contribution in [0.4, 0.5) is 10.1 Å². The Kier molecular flexibility index (Phi) is 4.33. The van der Waals surface area contributed by atoms with Crippen molar-refractivity contribution in [2.24, 2.45) is 5.41 Å². The maximum atomic E-state index is 13.3. The normalized spacial score (nSPS) is 23.2. The summed E-state index contributed by atoms with van der Waals surface area (Å²) in [7, 11) is 0. The number of piperidine rings is 1. The van der Waals surface area contributed by atoms with Crippen molar-refractivity contribution < 1.29 is 9.18 Å². The Balaban J connectivity index is 2.14. The summed E-state index contributed by atoms with van der Waals surface area (Å²) in [4.78, 5) is 12.3. The van der Waals surface area contributed by atoms with E-state index in [0.29, 0.717) is 12.2 Å². The average molecular weight is 305 g/mol. The summed E-state index contributed by atoms with van der Waals surface area (Å²) in [5.74, 6) is -0.787. The molecule has 0 aliphatic carbocycles. The van der Waals surface area contributed by atoms with Crippen LogP contribution in [0.3, 0.4) is 0 Å². The molecule has 1 unspecified atom stereocenters. The molecule has 1 aliphatic heterocycles. The van der Waals surface area contributed by atoms with Gasteiger partial charge in [-0.15, -0.1) is 0 Å². The fourth-order valence-corrected chi connectivity index (χ4v) is 2.65. The molecule has 2 rings (SSSR count). The predicted octanol–water partition coefficient (Wildman–Crippen LogP) is 3.46. The van der Waals surface area contributed by atoms with Crippen molar-refractivity contribution in [2.45, 2.75) is 19.8 Å². The van der Waals surface area contributed by atoms with E-state index >= 15 is 0 Å². The summed E-state index contributed by atoms with van der Waals surface area (Å²) in [6, 6.07) is 2.72. The van der Waals surface area contributed by atoms with Crippen molar-refractivity contribution in [1.29, 1.82) is 0 Å². The third-order valence-electron chi connectivity index (χ3n) is 3.39. The van der Waals surface area contributed by atoms with Crippen LogP contribution in [0.25, 0.3) is 0 Å². The molecule has 1 atom stereocenters. The molecule has 0 saturated carbocycles. The molecule has 1 aromatic rings. The van der Waals surface area contributed by atoms with Crippen LogP contribution in [0, 0.1) is 11.2 Å². The number of hydrogen-bond acceptors (Lipinski definition) is 2. The van der Waals surface area contributed by atoms with Crippen molar-refractivity contribution in [3.63, 3.8) is 0 Å². The van der Waals surface area contributed by atoms with Crippen LogP contribution in [-0.4, -0.2) is 19.0 Å². The van der Waals surface area contributed by atoms with Crippen LogP contribution in [0.15, 0.2) is 12.1 Å². The number of rotatable bonds is 2. The quantitative estimate of drug-likeness (QED) is 0.822. The summed E-state index contributed by atoms with van der Waals surface area (Å²) in [6.07, 6.45) is 1.77. The van der Waals surface area contributed by atoms with Crippen molar-refractivity contribution >= 4 is 34.8 Å². The van der Waals surface area contributed by atoms with Gasteiger partial charge in [-0.25, -0.2) is 4.39 Å². The lowest BCUT2D eigenvalue weighted by atomic mass is 9.82. The molecule has 1 amide bonds. The molecule has 1 aliphatic rings. The summed E-state index contributed by atoms with van der Waals surface area (Å²) in [5.41, 5.74) is -0.0563. The summed E-state index contributed by atoms with van der Waals surface area (Å²) in [5, 5.41) is 5.74. The molecule has 0 bridgehead atoms. The first-order valence-electron chi connectivity index (χ1n) is 6.09. The number of benzene rings is 1. The van der Waals surface area contributed by atoms with Crippen LogP contribution < -0.4 is 10.6 Å². The van der Waals surface area contributed by atoms with Gasteiger partial charge in [0, 0.05) is 12.2 Å². The molecule has 19 heavy (non-hydrogen) atoms. The first kappa shape index (κ1) is 14.6. The predicted molar refractivity (Wildman–Crippen MR) is 75.3 cm³/mol. The minimum Gasteiger partial charge on any atom is -0.325 e. The van der Waals surface area contributed by atoms with E-state index in [9.17, 15) is 9.18 Å². The van der Waals surface area contributed by atoms with Gasteiger partial charge in [0.05, 0.1) is 15.5 Å². The highest BCUT2D eigenvalue weighted by Gasteiger charge is 2.34. The molecule has 104 valence electrons. The highest BCUT2D eigenvalue weighted by Crippen LogP contribution is 2.30. The Bertz CT molecular complexity index is 478. The summed E-state index contributed by atoms with van der Waals surface area (Å²) in [6.45, 7) is 3.46. The minimum absolute atomic E-state index is 0.102. The van der Waals surface area contributed by atoms with Gasteiger partial charge in [-0.1, -0.05) is 23.2 Å². The molecule has 6 heteroatoms. The van der Waals surface area contributed by atoms with Gasteiger partial charge in [0.25, 0.3) is 0 Å². The molecule has 1 fully saturated rings. The van der Waals surface area contributed by atoms with Gasteiger partial charge < -0.3 is 10.6 Å². The molecule has 2 N–H and O–H groups in total. The highest BCUT2D eigenvalue weighted by atomic mass is 35.5. The molecule has 3 nitrogen and oxygen atoms in total. The van der Waals surface area contributed by atoms with E-state index in [1.807, 2.05) is 6.92 Å². The molecule has 0 aromatic heterocycles. The minimum atomic E-state index is -0.674. The van der Waals surface area contributed by atoms with E-state index < -0.39 is 11.2 Å². The fraction of sp³-hybridized carbons (Fsp3) is 0.462. The van der Waals surface area contributed by atoms with Crippen LogP contribution in [0.5, 0.6) is 0 Å². The standard InChI is InChI=1S/C13H15Cl2FN2O/c1-13(3-2-4-17-7-13)12(19)18-8-5-9(14)11(16)10(15)6-8/h5-6,17H,2-4,7H2,1H3,(H,18,19).